The number of ether oxygens (including phenoxy) is 1. The first kappa shape index (κ1) is 17.6. The van der Waals surface area contributed by atoms with Gasteiger partial charge in [-0.1, -0.05) is 42.5 Å². The van der Waals surface area contributed by atoms with E-state index in [0.717, 1.165) is 34.0 Å². The van der Waals surface area contributed by atoms with Crippen LogP contribution >= 0.6 is 22.7 Å². The molecule has 3 rings (SSSR count). The molecule has 1 aromatic carbocycles. The lowest BCUT2D eigenvalue weighted by Crippen LogP contribution is -2.22. The average Bonchev–Trinajstić information content (AvgIpc) is 3.22. The summed E-state index contributed by atoms with van der Waals surface area (Å²) < 4.78 is 6.66. The van der Waals surface area contributed by atoms with Crippen LogP contribution in [0.15, 0.2) is 39.8 Å². The zero-order valence-corrected chi connectivity index (χ0v) is 15.7. The highest BCUT2D eigenvalue weighted by molar-refractivity contribution is 7.13. The third-order valence-corrected chi connectivity index (χ3v) is 5.63. The van der Waals surface area contributed by atoms with Gasteiger partial charge >= 0.3 is 10.8 Å². The van der Waals surface area contributed by atoms with Crippen LogP contribution in [-0.4, -0.2) is 15.5 Å². The summed E-state index contributed by atoms with van der Waals surface area (Å²) in [5.74, 6) is -0.439. The molecule has 0 saturated heterocycles. The van der Waals surface area contributed by atoms with E-state index >= 15 is 0 Å². The van der Waals surface area contributed by atoms with Crippen molar-refractivity contribution in [3.63, 3.8) is 0 Å². The molecule has 0 aliphatic heterocycles. The van der Waals surface area contributed by atoms with Gasteiger partial charge in [-0.3, -0.25) is 14.2 Å². The molecule has 130 valence electrons. The zero-order valence-electron chi connectivity index (χ0n) is 14.0. The number of benzene rings is 1. The quantitative estimate of drug-likeness (QED) is 0.618. The molecule has 0 spiro atoms. The van der Waals surface area contributed by atoms with E-state index in [1.807, 2.05) is 5.38 Å². The largest absolute Gasteiger partial charge is 0.458 e. The number of hydrogen-bond donors (Lipinski definition) is 0. The van der Waals surface area contributed by atoms with Crippen LogP contribution < -0.4 is 4.87 Å². The molecule has 0 fully saturated rings. The standard InChI is InChI=1S/C18H18N2O3S2/c1-3-13-4-6-14(7-5-13)17-19-15(11-24-17)9-23-16(21)8-20-12(2)10-25-18(20)22/h4-7,10-11H,3,8-9H2,1-2H3. The Labute approximate surface area is 153 Å². The number of aryl methyl sites for hydroxylation is 2. The molecule has 0 amide bonds. The Morgan fingerprint density at radius 3 is 2.60 bits per heavy atom. The normalized spacial score (nSPS) is 10.8. The number of rotatable bonds is 6. The number of hydrogen-bond acceptors (Lipinski definition) is 6. The van der Waals surface area contributed by atoms with Crippen LogP contribution in [0.25, 0.3) is 10.6 Å². The van der Waals surface area contributed by atoms with Crippen molar-refractivity contribution in [3.8, 4) is 10.6 Å². The molecule has 2 aromatic heterocycles. The lowest BCUT2D eigenvalue weighted by atomic mass is 10.1. The van der Waals surface area contributed by atoms with E-state index in [9.17, 15) is 9.59 Å². The van der Waals surface area contributed by atoms with Gasteiger partial charge in [0.05, 0.1) is 5.69 Å². The maximum Gasteiger partial charge on any atom is 0.326 e. The van der Waals surface area contributed by atoms with E-state index in [2.05, 4.69) is 36.2 Å². The van der Waals surface area contributed by atoms with Crippen LogP contribution in [0.5, 0.6) is 0 Å². The molecule has 7 heteroatoms. The van der Waals surface area contributed by atoms with E-state index in [1.54, 1.807) is 12.3 Å². The fraction of sp³-hybridized carbons (Fsp3) is 0.278. The van der Waals surface area contributed by atoms with Crippen molar-refractivity contribution in [2.75, 3.05) is 0 Å². The monoisotopic (exact) mass is 374 g/mol. The van der Waals surface area contributed by atoms with Crippen molar-refractivity contribution in [2.45, 2.75) is 33.4 Å². The van der Waals surface area contributed by atoms with E-state index in [0.29, 0.717) is 5.69 Å². The summed E-state index contributed by atoms with van der Waals surface area (Å²) in [6.07, 6.45) is 1.01. The fourth-order valence-corrected chi connectivity index (χ4v) is 3.86. The van der Waals surface area contributed by atoms with Gasteiger partial charge in [0.2, 0.25) is 0 Å². The van der Waals surface area contributed by atoms with E-state index in [-0.39, 0.29) is 18.0 Å². The van der Waals surface area contributed by atoms with Crippen LogP contribution in [0.3, 0.4) is 0 Å². The molecule has 25 heavy (non-hydrogen) atoms. The van der Waals surface area contributed by atoms with Gasteiger partial charge in [-0.25, -0.2) is 4.98 Å². The molecule has 0 N–H and O–H groups in total. The van der Waals surface area contributed by atoms with E-state index in [1.165, 1.54) is 21.5 Å². The Balaban J connectivity index is 1.59. The molecule has 0 bridgehead atoms. The maximum atomic E-state index is 11.9. The summed E-state index contributed by atoms with van der Waals surface area (Å²) in [5, 5.41) is 4.52. The van der Waals surface area contributed by atoms with Gasteiger partial charge in [-0.05, 0) is 18.9 Å². The Morgan fingerprint density at radius 1 is 1.20 bits per heavy atom. The van der Waals surface area contributed by atoms with Gasteiger partial charge in [0.25, 0.3) is 0 Å². The molecule has 0 unspecified atom stereocenters. The van der Waals surface area contributed by atoms with Crippen LogP contribution in [0.4, 0.5) is 0 Å². The average molecular weight is 374 g/mol. The molecule has 0 saturated carbocycles. The lowest BCUT2D eigenvalue weighted by Gasteiger charge is -2.05. The van der Waals surface area contributed by atoms with Crippen LogP contribution in [0.2, 0.25) is 0 Å². The minimum absolute atomic E-state index is 0.0658. The molecular weight excluding hydrogens is 356 g/mol. The van der Waals surface area contributed by atoms with Crippen LogP contribution in [0.1, 0.15) is 23.9 Å². The van der Waals surface area contributed by atoms with E-state index in [4.69, 9.17) is 4.74 Å². The number of thiazole rings is 2. The highest BCUT2D eigenvalue weighted by Crippen LogP contribution is 2.24. The molecule has 3 aromatic rings. The van der Waals surface area contributed by atoms with Gasteiger partial charge in [-0.2, -0.15) is 0 Å². The number of carbonyl (C=O) groups excluding carboxylic acids is 1. The first-order valence-electron chi connectivity index (χ1n) is 7.91. The molecule has 2 heterocycles. The van der Waals surface area contributed by atoms with Crippen molar-refractivity contribution in [1.29, 1.82) is 0 Å². The number of nitrogens with zero attached hydrogens (tertiary/aromatic N) is 2. The third-order valence-electron chi connectivity index (χ3n) is 3.81. The van der Waals surface area contributed by atoms with Gasteiger partial charge in [0, 0.05) is 22.0 Å². The zero-order chi connectivity index (χ0) is 17.8. The minimum Gasteiger partial charge on any atom is -0.458 e. The molecule has 0 aliphatic rings. The molecule has 5 nitrogen and oxygen atoms in total. The summed E-state index contributed by atoms with van der Waals surface area (Å²) in [6.45, 7) is 3.96. The van der Waals surface area contributed by atoms with Gasteiger partial charge in [-0.15, -0.1) is 11.3 Å². The lowest BCUT2D eigenvalue weighted by molar-refractivity contribution is -0.145. The Kier molecular flexibility index (Phi) is 5.45. The minimum atomic E-state index is -0.439. The maximum absolute atomic E-state index is 11.9. The summed E-state index contributed by atoms with van der Waals surface area (Å²) in [6, 6.07) is 8.30. The number of carbonyl (C=O) groups is 1. The van der Waals surface area contributed by atoms with Gasteiger partial charge in [0.15, 0.2) is 0 Å². The highest BCUT2D eigenvalue weighted by Gasteiger charge is 2.11. The fourth-order valence-electron chi connectivity index (χ4n) is 2.31. The highest BCUT2D eigenvalue weighted by atomic mass is 32.1. The van der Waals surface area contributed by atoms with Crippen molar-refractivity contribution in [1.82, 2.24) is 9.55 Å². The Hall–Kier alpha value is -2.25. The number of esters is 1. The second-order valence-electron chi connectivity index (χ2n) is 5.58. The SMILES string of the molecule is CCc1ccc(-c2nc(COC(=O)Cn3c(C)csc3=O)cs2)cc1. The Bertz CT molecular complexity index is 922. The van der Waals surface area contributed by atoms with Gasteiger partial charge < -0.3 is 4.74 Å². The second-order valence-corrected chi connectivity index (χ2v) is 7.26. The third kappa shape index (κ3) is 4.24. The molecule has 0 aliphatic carbocycles. The van der Waals surface area contributed by atoms with E-state index < -0.39 is 5.97 Å². The van der Waals surface area contributed by atoms with Crippen LogP contribution in [0, 0.1) is 6.92 Å². The van der Waals surface area contributed by atoms with Crippen molar-refractivity contribution in [2.24, 2.45) is 0 Å². The predicted molar refractivity (Wildman–Crippen MR) is 100 cm³/mol. The van der Waals surface area contributed by atoms with Crippen molar-refractivity contribution in [3.05, 3.63) is 61.6 Å². The smallest absolute Gasteiger partial charge is 0.326 e. The molecule has 0 radical (unpaired) electrons. The van der Waals surface area contributed by atoms with Gasteiger partial charge in [0.1, 0.15) is 18.2 Å². The molecule has 0 atom stereocenters. The first-order valence-corrected chi connectivity index (χ1v) is 9.67. The van der Waals surface area contributed by atoms with Crippen molar-refractivity contribution < 1.29 is 9.53 Å². The topological polar surface area (TPSA) is 61.2 Å². The summed E-state index contributed by atoms with van der Waals surface area (Å²) in [5.41, 5.74) is 3.81. The summed E-state index contributed by atoms with van der Waals surface area (Å²) in [7, 11) is 0. The first-order chi connectivity index (χ1) is 12.1. The molecular formula is C18H18N2O3S2. The summed E-state index contributed by atoms with van der Waals surface area (Å²) in [4.78, 5) is 27.9. The second kappa shape index (κ2) is 7.76. The predicted octanol–water partition coefficient (Wildman–Crippen LogP) is 3.65. The van der Waals surface area contributed by atoms with Crippen LogP contribution in [-0.2, 0) is 29.1 Å². The number of aromatic nitrogens is 2. The summed E-state index contributed by atoms with van der Waals surface area (Å²) >= 11 is 2.60. The Morgan fingerprint density at radius 2 is 1.96 bits per heavy atom. The van der Waals surface area contributed by atoms with Crippen molar-refractivity contribution >= 4 is 28.6 Å².